The molecule has 1 heterocycles. The van der Waals surface area contributed by atoms with E-state index < -0.39 is 6.10 Å². The summed E-state index contributed by atoms with van der Waals surface area (Å²) in [6.07, 6.45) is -0.471. The van der Waals surface area contributed by atoms with E-state index in [1.54, 1.807) is 0 Å². The fourth-order valence-corrected chi connectivity index (χ4v) is 3.41. The third-order valence-electron chi connectivity index (χ3n) is 4.58. The van der Waals surface area contributed by atoms with E-state index >= 15 is 0 Å². The molecule has 1 unspecified atom stereocenters. The van der Waals surface area contributed by atoms with Gasteiger partial charge in [-0.15, -0.1) is 0 Å². The molecule has 3 rings (SSSR count). The molecule has 1 fully saturated rings. The van der Waals surface area contributed by atoms with Gasteiger partial charge in [-0.1, -0.05) is 34.1 Å². The van der Waals surface area contributed by atoms with Crippen LogP contribution in [0.5, 0.6) is 5.75 Å². The standard InChI is InChI=1S/C21H27BrN2O3/c22-18-6-8-21(9-7-18)27-15-14-26-17-20(25)16-23-10-12-24(13-11-23)19-4-2-1-3-5-19/h1-9,20,25H,10-17H2. The second kappa shape index (κ2) is 10.7. The molecule has 5 nitrogen and oxygen atoms in total. The summed E-state index contributed by atoms with van der Waals surface area (Å²) in [7, 11) is 0. The number of rotatable bonds is 9. The van der Waals surface area contributed by atoms with Crippen molar-refractivity contribution in [2.24, 2.45) is 0 Å². The van der Waals surface area contributed by atoms with Gasteiger partial charge < -0.3 is 19.5 Å². The minimum absolute atomic E-state index is 0.336. The Labute approximate surface area is 169 Å². The third-order valence-corrected chi connectivity index (χ3v) is 5.11. The molecule has 6 heteroatoms. The Bertz CT molecular complexity index is 661. The Morgan fingerprint density at radius 2 is 1.63 bits per heavy atom. The van der Waals surface area contributed by atoms with Crippen LogP contribution in [0.2, 0.25) is 0 Å². The minimum Gasteiger partial charge on any atom is -0.491 e. The summed E-state index contributed by atoms with van der Waals surface area (Å²) in [4.78, 5) is 4.69. The SMILES string of the molecule is OC(COCCOc1ccc(Br)cc1)CN1CCN(c2ccccc2)CC1. The van der Waals surface area contributed by atoms with Gasteiger partial charge in [0.05, 0.1) is 19.3 Å². The fraction of sp³-hybridized carbons (Fsp3) is 0.429. The Kier molecular flexibility index (Phi) is 7.95. The molecule has 2 aromatic carbocycles. The van der Waals surface area contributed by atoms with Gasteiger partial charge in [-0.3, -0.25) is 4.90 Å². The van der Waals surface area contributed by atoms with Crippen molar-refractivity contribution >= 4 is 21.6 Å². The monoisotopic (exact) mass is 434 g/mol. The highest BCUT2D eigenvalue weighted by atomic mass is 79.9. The Morgan fingerprint density at radius 3 is 2.33 bits per heavy atom. The Balaban J connectivity index is 1.26. The first-order chi connectivity index (χ1) is 13.2. The van der Waals surface area contributed by atoms with Crippen LogP contribution in [0.3, 0.4) is 0 Å². The van der Waals surface area contributed by atoms with Crippen LogP contribution >= 0.6 is 15.9 Å². The largest absolute Gasteiger partial charge is 0.491 e. The zero-order valence-corrected chi connectivity index (χ0v) is 17.1. The summed E-state index contributed by atoms with van der Waals surface area (Å²) in [5.74, 6) is 0.818. The zero-order chi connectivity index (χ0) is 18.9. The summed E-state index contributed by atoms with van der Waals surface area (Å²) in [6, 6.07) is 18.2. The van der Waals surface area contributed by atoms with Crippen molar-refractivity contribution in [1.29, 1.82) is 0 Å². The van der Waals surface area contributed by atoms with Crippen LogP contribution in [-0.4, -0.2) is 68.7 Å². The maximum Gasteiger partial charge on any atom is 0.119 e. The molecule has 0 aromatic heterocycles. The highest BCUT2D eigenvalue weighted by Gasteiger charge is 2.19. The van der Waals surface area contributed by atoms with E-state index in [1.165, 1.54) is 5.69 Å². The molecule has 0 saturated carbocycles. The predicted molar refractivity (Wildman–Crippen MR) is 112 cm³/mol. The van der Waals surface area contributed by atoms with Gasteiger partial charge in [0.2, 0.25) is 0 Å². The lowest BCUT2D eigenvalue weighted by molar-refractivity contribution is 0.00718. The van der Waals surface area contributed by atoms with Gasteiger partial charge in [-0.2, -0.15) is 0 Å². The predicted octanol–water partition coefficient (Wildman–Crippen LogP) is 3.03. The lowest BCUT2D eigenvalue weighted by Gasteiger charge is -2.36. The zero-order valence-electron chi connectivity index (χ0n) is 15.5. The van der Waals surface area contributed by atoms with E-state index in [-0.39, 0.29) is 0 Å². The molecule has 27 heavy (non-hydrogen) atoms. The molecule has 0 bridgehead atoms. The molecule has 146 valence electrons. The smallest absolute Gasteiger partial charge is 0.119 e. The van der Waals surface area contributed by atoms with E-state index in [1.807, 2.05) is 30.3 Å². The van der Waals surface area contributed by atoms with Gasteiger partial charge in [-0.25, -0.2) is 0 Å². The number of ether oxygens (including phenoxy) is 2. The van der Waals surface area contributed by atoms with Crippen molar-refractivity contribution in [3.63, 3.8) is 0 Å². The molecule has 1 saturated heterocycles. The normalized spacial score (nSPS) is 16.3. The molecular formula is C21H27BrN2O3. The van der Waals surface area contributed by atoms with Crippen molar-refractivity contribution in [1.82, 2.24) is 4.90 Å². The average molecular weight is 435 g/mol. The first kappa shape index (κ1) is 20.1. The first-order valence-electron chi connectivity index (χ1n) is 9.37. The molecular weight excluding hydrogens is 408 g/mol. The topological polar surface area (TPSA) is 45.2 Å². The summed E-state index contributed by atoms with van der Waals surface area (Å²) in [6.45, 7) is 5.81. The maximum atomic E-state index is 10.2. The number of hydrogen-bond acceptors (Lipinski definition) is 5. The quantitative estimate of drug-likeness (QED) is 0.614. The fourth-order valence-electron chi connectivity index (χ4n) is 3.15. The van der Waals surface area contributed by atoms with Gasteiger partial charge in [0.25, 0.3) is 0 Å². The summed E-state index contributed by atoms with van der Waals surface area (Å²) in [5, 5.41) is 10.2. The number of anilines is 1. The third kappa shape index (κ3) is 6.81. The van der Waals surface area contributed by atoms with Crippen LogP contribution in [0.1, 0.15) is 0 Å². The van der Waals surface area contributed by atoms with Crippen molar-refractivity contribution in [3.05, 3.63) is 59.1 Å². The van der Waals surface area contributed by atoms with Crippen LogP contribution in [0, 0.1) is 0 Å². The van der Waals surface area contributed by atoms with Crippen molar-refractivity contribution in [3.8, 4) is 5.75 Å². The van der Waals surface area contributed by atoms with Gasteiger partial charge in [0.1, 0.15) is 12.4 Å². The van der Waals surface area contributed by atoms with Gasteiger partial charge in [0.15, 0.2) is 0 Å². The summed E-state index contributed by atoms with van der Waals surface area (Å²) >= 11 is 3.40. The van der Waals surface area contributed by atoms with Crippen LogP contribution in [0.25, 0.3) is 0 Å². The number of hydrogen-bond donors (Lipinski definition) is 1. The molecule has 1 N–H and O–H groups in total. The molecule has 1 atom stereocenters. The van der Waals surface area contributed by atoms with Crippen molar-refractivity contribution in [2.75, 3.05) is 57.4 Å². The number of para-hydroxylation sites is 1. The van der Waals surface area contributed by atoms with Gasteiger partial charge in [-0.05, 0) is 36.4 Å². The number of piperazine rings is 1. The van der Waals surface area contributed by atoms with Crippen LogP contribution in [0.15, 0.2) is 59.1 Å². The molecule has 0 aliphatic carbocycles. The Hall–Kier alpha value is -1.60. The van der Waals surface area contributed by atoms with E-state index in [4.69, 9.17) is 9.47 Å². The number of halogens is 1. The summed E-state index contributed by atoms with van der Waals surface area (Å²) in [5.41, 5.74) is 1.27. The molecule has 1 aliphatic rings. The molecule has 0 spiro atoms. The van der Waals surface area contributed by atoms with Crippen LogP contribution in [0.4, 0.5) is 5.69 Å². The molecule has 2 aromatic rings. The number of benzene rings is 2. The second-order valence-corrected chi connectivity index (χ2v) is 7.57. The van der Waals surface area contributed by atoms with E-state index in [0.717, 1.165) is 36.4 Å². The van der Waals surface area contributed by atoms with E-state index in [2.05, 4.69) is 50.0 Å². The number of β-amino-alcohol motifs (C(OH)–C–C–N with tert-alkyl or cyclic N) is 1. The number of nitrogens with zero attached hydrogens (tertiary/aromatic N) is 2. The Morgan fingerprint density at radius 1 is 0.926 bits per heavy atom. The van der Waals surface area contributed by atoms with Crippen LogP contribution in [-0.2, 0) is 4.74 Å². The lowest BCUT2D eigenvalue weighted by Crippen LogP contribution is -2.49. The van der Waals surface area contributed by atoms with E-state index in [9.17, 15) is 5.11 Å². The van der Waals surface area contributed by atoms with Crippen molar-refractivity contribution in [2.45, 2.75) is 6.10 Å². The second-order valence-electron chi connectivity index (χ2n) is 6.65. The molecule has 0 radical (unpaired) electrons. The average Bonchev–Trinajstić information content (AvgIpc) is 2.70. The van der Waals surface area contributed by atoms with Crippen molar-refractivity contribution < 1.29 is 14.6 Å². The minimum atomic E-state index is -0.471. The van der Waals surface area contributed by atoms with Gasteiger partial charge >= 0.3 is 0 Å². The highest BCUT2D eigenvalue weighted by Crippen LogP contribution is 2.16. The molecule has 1 aliphatic heterocycles. The maximum absolute atomic E-state index is 10.2. The number of aliphatic hydroxyl groups excluding tert-OH is 1. The first-order valence-corrected chi connectivity index (χ1v) is 10.2. The number of aliphatic hydroxyl groups is 1. The highest BCUT2D eigenvalue weighted by molar-refractivity contribution is 9.10. The summed E-state index contributed by atoms with van der Waals surface area (Å²) < 4.78 is 12.2. The lowest BCUT2D eigenvalue weighted by atomic mass is 10.2. The van der Waals surface area contributed by atoms with E-state index in [0.29, 0.717) is 26.4 Å². The van der Waals surface area contributed by atoms with Crippen LogP contribution < -0.4 is 9.64 Å². The molecule has 0 amide bonds. The van der Waals surface area contributed by atoms with Gasteiger partial charge in [0, 0.05) is 42.9 Å².